The molecule has 8 heavy (non-hydrogen) atoms. The molecule has 0 bridgehead atoms. The zero-order chi connectivity index (χ0) is 5.82. The molecule has 5 N–H and O–H groups in total. The van der Waals surface area contributed by atoms with E-state index in [1.165, 1.54) is 0 Å². The van der Waals surface area contributed by atoms with Gasteiger partial charge in [0, 0.05) is 6.54 Å². The number of hydrazine groups is 2. The molecule has 0 aromatic heterocycles. The largest absolute Gasteiger partial charge is 0.293 e. The summed E-state index contributed by atoms with van der Waals surface area (Å²) in [4.78, 5) is 3.95. The Labute approximate surface area is 47.3 Å². The van der Waals surface area contributed by atoms with Gasteiger partial charge in [-0.25, -0.2) is 16.3 Å². The molecular weight excluding hydrogens is 106 g/mol. The lowest BCUT2D eigenvalue weighted by molar-refractivity contribution is 0.606. The highest BCUT2D eigenvalue weighted by atomic mass is 15.5. The third kappa shape index (κ3) is 1.08. The average molecular weight is 115 g/mol. The van der Waals surface area contributed by atoms with Crippen LogP contribution in [0.1, 0.15) is 0 Å². The van der Waals surface area contributed by atoms with Crippen LogP contribution in [0, 0.1) is 0 Å². The van der Waals surface area contributed by atoms with Crippen molar-refractivity contribution < 1.29 is 0 Å². The van der Waals surface area contributed by atoms with E-state index in [0.717, 1.165) is 13.1 Å². The fourth-order valence-electron chi connectivity index (χ4n) is 0.491. The molecule has 0 fully saturated rings. The number of hydrogen-bond donors (Lipinski definition) is 4. The van der Waals surface area contributed by atoms with Gasteiger partial charge in [-0.15, -0.1) is 0 Å². The molecule has 0 aromatic rings. The van der Waals surface area contributed by atoms with E-state index in [0.29, 0.717) is 5.96 Å². The summed E-state index contributed by atoms with van der Waals surface area (Å²) < 4.78 is 0. The molecule has 1 rings (SSSR count). The van der Waals surface area contributed by atoms with Gasteiger partial charge in [-0.1, -0.05) is 0 Å². The molecule has 46 valence electrons. The van der Waals surface area contributed by atoms with Crippen LogP contribution < -0.4 is 22.1 Å². The number of nitrogens with one attached hydrogen (secondary N) is 3. The van der Waals surface area contributed by atoms with Crippen molar-refractivity contribution in [2.45, 2.75) is 0 Å². The zero-order valence-electron chi connectivity index (χ0n) is 4.44. The normalized spacial score (nSPS) is 18.9. The Hall–Kier alpha value is -0.810. The maximum absolute atomic E-state index is 5.02. The molecular formula is C3H9N5. The van der Waals surface area contributed by atoms with Crippen molar-refractivity contribution in [2.24, 2.45) is 10.8 Å². The standard InChI is InChI=1S/C3H9N5/c4-7-3-5-1-2-6-8-3/h6H,1-2,4H2,(H2,5,7,8). The van der Waals surface area contributed by atoms with E-state index in [1.54, 1.807) is 0 Å². The first-order valence-corrected chi connectivity index (χ1v) is 2.43. The average Bonchev–Trinajstić information content (AvgIpc) is 1.90. The van der Waals surface area contributed by atoms with Gasteiger partial charge >= 0.3 is 0 Å². The summed E-state index contributed by atoms with van der Waals surface area (Å²) >= 11 is 0. The predicted molar refractivity (Wildman–Crippen MR) is 30.8 cm³/mol. The van der Waals surface area contributed by atoms with Gasteiger partial charge < -0.3 is 0 Å². The van der Waals surface area contributed by atoms with Crippen LogP contribution >= 0.6 is 0 Å². The third-order valence-electron chi connectivity index (χ3n) is 0.850. The molecule has 5 nitrogen and oxygen atoms in total. The lowest BCUT2D eigenvalue weighted by Gasteiger charge is -2.13. The molecule has 0 atom stereocenters. The number of guanidine groups is 1. The van der Waals surface area contributed by atoms with Crippen LogP contribution in [0.25, 0.3) is 0 Å². The first-order valence-electron chi connectivity index (χ1n) is 2.43. The van der Waals surface area contributed by atoms with Gasteiger partial charge in [0.25, 0.3) is 0 Å². The first kappa shape index (κ1) is 5.33. The van der Waals surface area contributed by atoms with E-state index in [4.69, 9.17) is 5.84 Å². The number of hydrogen-bond acceptors (Lipinski definition) is 5. The summed E-state index contributed by atoms with van der Waals surface area (Å²) in [6.45, 7) is 1.62. The van der Waals surface area contributed by atoms with E-state index in [-0.39, 0.29) is 0 Å². The summed E-state index contributed by atoms with van der Waals surface area (Å²) in [5.74, 6) is 5.61. The predicted octanol–water partition coefficient (Wildman–Crippen LogP) is -2.09. The van der Waals surface area contributed by atoms with Crippen molar-refractivity contribution in [1.29, 1.82) is 0 Å². The molecule has 0 saturated heterocycles. The van der Waals surface area contributed by atoms with Gasteiger partial charge in [0.05, 0.1) is 6.54 Å². The highest BCUT2D eigenvalue weighted by molar-refractivity contribution is 5.79. The molecule has 1 aliphatic heterocycles. The van der Waals surface area contributed by atoms with Crippen LogP contribution in [-0.2, 0) is 0 Å². The molecule has 0 amide bonds. The molecule has 0 unspecified atom stereocenters. The Kier molecular flexibility index (Phi) is 1.66. The van der Waals surface area contributed by atoms with E-state index in [9.17, 15) is 0 Å². The number of nitrogens with two attached hydrogens (primary N) is 1. The monoisotopic (exact) mass is 115 g/mol. The Balaban J connectivity index is 2.37. The van der Waals surface area contributed by atoms with Crippen LogP contribution in [-0.4, -0.2) is 19.0 Å². The number of nitrogens with zero attached hydrogens (tertiary/aromatic N) is 1. The molecule has 0 saturated carbocycles. The first-order chi connectivity index (χ1) is 3.93. The van der Waals surface area contributed by atoms with Gasteiger partial charge in [-0.3, -0.25) is 10.9 Å². The van der Waals surface area contributed by atoms with E-state index < -0.39 is 0 Å². The smallest absolute Gasteiger partial charge is 0.220 e. The topological polar surface area (TPSA) is 74.5 Å². The second-order valence-corrected chi connectivity index (χ2v) is 1.43. The van der Waals surface area contributed by atoms with Crippen LogP contribution in [0.2, 0.25) is 0 Å². The summed E-state index contributed by atoms with van der Waals surface area (Å²) in [6, 6.07) is 0. The van der Waals surface area contributed by atoms with Gasteiger partial charge in [-0.2, -0.15) is 0 Å². The minimum absolute atomic E-state index is 0.594. The Morgan fingerprint density at radius 3 is 3.00 bits per heavy atom. The quantitative estimate of drug-likeness (QED) is 0.216. The minimum Gasteiger partial charge on any atom is -0.293 e. The van der Waals surface area contributed by atoms with Crippen molar-refractivity contribution in [3.05, 3.63) is 0 Å². The van der Waals surface area contributed by atoms with Gasteiger partial charge in [0.15, 0.2) is 0 Å². The van der Waals surface area contributed by atoms with Gasteiger partial charge in [-0.05, 0) is 0 Å². The Morgan fingerprint density at radius 2 is 2.62 bits per heavy atom. The maximum atomic E-state index is 5.02. The second-order valence-electron chi connectivity index (χ2n) is 1.43. The fourth-order valence-corrected chi connectivity index (χ4v) is 0.491. The summed E-state index contributed by atoms with van der Waals surface area (Å²) in [7, 11) is 0. The lowest BCUT2D eigenvalue weighted by atomic mass is 10.6. The van der Waals surface area contributed by atoms with E-state index in [2.05, 4.69) is 21.3 Å². The Morgan fingerprint density at radius 1 is 1.75 bits per heavy atom. The Bertz CT molecular complexity index is 97.8. The summed E-state index contributed by atoms with van der Waals surface area (Å²) in [6.07, 6.45) is 0. The molecule has 1 aliphatic rings. The van der Waals surface area contributed by atoms with Gasteiger partial charge in [0.1, 0.15) is 0 Å². The molecule has 1 heterocycles. The molecule has 0 aromatic carbocycles. The molecule has 0 radical (unpaired) electrons. The maximum Gasteiger partial charge on any atom is 0.220 e. The van der Waals surface area contributed by atoms with Crippen LogP contribution in [0.3, 0.4) is 0 Å². The van der Waals surface area contributed by atoms with E-state index >= 15 is 0 Å². The molecule has 5 heteroatoms. The summed E-state index contributed by atoms with van der Waals surface area (Å²) in [5, 5.41) is 0. The van der Waals surface area contributed by atoms with Crippen LogP contribution in [0.15, 0.2) is 4.99 Å². The van der Waals surface area contributed by atoms with Crippen molar-refractivity contribution in [3.63, 3.8) is 0 Å². The molecule has 0 spiro atoms. The number of aliphatic imine (C=N–C) groups is 1. The van der Waals surface area contributed by atoms with Crippen molar-refractivity contribution in [3.8, 4) is 0 Å². The van der Waals surface area contributed by atoms with Crippen LogP contribution in [0.5, 0.6) is 0 Å². The SMILES string of the molecule is NNC1=NCCNN1. The van der Waals surface area contributed by atoms with Crippen molar-refractivity contribution in [1.82, 2.24) is 16.3 Å². The molecule has 0 aliphatic carbocycles. The van der Waals surface area contributed by atoms with Crippen molar-refractivity contribution in [2.75, 3.05) is 13.1 Å². The summed E-state index contributed by atoms with van der Waals surface area (Å²) in [5.41, 5.74) is 7.98. The second kappa shape index (κ2) is 2.49. The van der Waals surface area contributed by atoms with Crippen LogP contribution in [0.4, 0.5) is 0 Å². The van der Waals surface area contributed by atoms with Crippen molar-refractivity contribution >= 4 is 5.96 Å². The number of rotatable bonds is 0. The fraction of sp³-hybridized carbons (Fsp3) is 0.667. The third-order valence-corrected chi connectivity index (χ3v) is 0.850. The van der Waals surface area contributed by atoms with E-state index in [1.807, 2.05) is 0 Å². The minimum atomic E-state index is 0.594. The lowest BCUT2D eigenvalue weighted by Crippen LogP contribution is -2.51. The highest BCUT2D eigenvalue weighted by Gasteiger charge is 1.97. The zero-order valence-corrected chi connectivity index (χ0v) is 4.44. The highest BCUT2D eigenvalue weighted by Crippen LogP contribution is 1.72. The van der Waals surface area contributed by atoms with Gasteiger partial charge in [0.2, 0.25) is 5.96 Å².